The third kappa shape index (κ3) is 6.62. The van der Waals surface area contributed by atoms with Gasteiger partial charge in [0.2, 0.25) is 5.95 Å². The summed E-state index contributed by atoms with van der Waals surface area (Å²) in [4.78, 5) is 14.2. The molecule has 0 fully saturated rings. The van der Waals surface area contributed by atoms with E-state index in [0.29, 0.717) is 38.5 Å². The zero-order valence-electron chi connectivity index (χ0n) is 69.8. The third-order valence-corrected chi connectivity index (χ3v) is 17.3. The van der Waals surface area contributed by atoms with Gasteiger partial charge in [-0.05, 0) is 57.1 Å². The molecule has 0 radical (unpaired) electrons. The van der Waals surface area contributed by atoms with Crippen LogP contribution in [-0.4, -0.2) is 36.7 Å². The molecule has 0 saturated heterocycles. The molecule has 0 N–H and O–H groups in total. The van der Waals surface area contributed by atoms with Gasteiger partial charge in [0.05, 0.1) is 87.0 Å². The summed E-state index contributed by atoms with van der Waals surface area (Å²) in [5.41, 5.74) is -0.958. The van der Waals surface area contributed by atoms with Crippen molar-refractivity contribution in [2.45, 2.75) is 0 Å². The number of aromatic nitrogens is 6. The average molecular weight is 1020 g/mol. The van der Waals surface area contributed by atoms with Crippen molar-refractivity contribution in [2.24, 2.45) is 0 Å². The van der Waals surface area contributed by atoms with Crippen LogP contribution in [0.15, 0.2) is 278 Å². The number of hydrogen-bond donors (Lipinski definition) is 0. The number of rotatable bonds is 9. The van der Waals surface area contributed by atoms with Gasteiger partial charge >= 0.3 is 0 Å². The van der Waals surface area contributed by atoms with Gasteiger partial charge in [-0.15, -0.1) is 0 Å². The lowest BCUT2D eigenvalue weighted by Crippen LogP contribution is -2.74. The smallest absolute Gasteiger partial charge is 0.238 e. The van der Waals surface area contributed by atoms with E-state index in [2.05, 4.69) is 4.98 Å². The van der Waals surface area contributed by atoms with E-state index < -0.39 is 267 Å². The monoisotopic (exact) mass is 1020 g/mol. The van der Waals surface area contributed by atoms with Crippen LogP contribution in [0.25, 0.3) is 106 Å². The molecule has 76 heavy (non-hydrogen) atoms. The maximum absolute atomic E-state index is 10.8. The lowest BCUT2D eigenvalue weighted by atomic mass is 10.1. The third-order valence-electron chi connectivity index (χ3n) is 13.3. The Kier molecular flexibility index (Phi) is 5.25. The summed E-state index contributed by atoms with van der Waals surface area (Å²) in [5.74, 6) is -3.13. The number of para-hydroxylation sites is 6. The van der Waals surface area contributed by atoms with Crippen molar-refractivity contribution in [2.75, 3.05) is 0 Å². The van der Waals surface area contributed by atoms with E-state index >= 15 is 0 Å². The molecule has 15 aromatic rings. The van der Waals surface area contributed by atoms with Crippen LogP contribution in [0, 0.1) is 0 Å². The average Bonchev–Trinajstić information content (AvgIpc) is 1.58. The molecule has 6 nitrogen and oxygen atoms in total. The highest BCUT2D eigenvalue weighted by Crippen LogP contribution is 2.43. The minimum absolute atomic E-state index is 0.323. The van der Waals surface area contributed by atoms with E-state index in [-0.39, 0.29) is 5.69 Å². The van der Waals surface area contributed by atoms with Gasteiger partial charge in [-0.25, -0.2) is 4.98 Å². The van der Waals surface area contributed by atoms with Crippen molar-refractivity contribution in [1.29, 1.82) is 0 Å². The summed E-state index contributed by atoms with van der Waals surface area (Å²) in [6.45, 7) is 0. The van der Waals surface area contributed by atoms with Crippen LogP contribution in [0.4, 0.5) is 0 Å². The predicted molar refractivity (Wildman–Crippen MR) is 317 cm³/mol. The lowest BCUT2D eigenvalue weighted by Gasteiger charge is -2.34. The van der Waals surface area contributed by atoms with Gasteiger partial charge in [0.1, 0.15) is 0 Å². The van der Waals surface area contributed by atoms with E-state index in [1.807, 2.05) is 53.1 Å². The molecule has 4 heterocycles. The summed E-state index contributed by atoms with van der Waals surface area (Å²) >= 11 is 0. The molecular weight excluding hydrogens is 941 g/mol. The Labute approximate surface area is 483 Å². The summed E-state index contributed by atoms with van der Waals surface area (Å²) in [6.07, 6.45) is 0. The van der Waals surface area contributed by atoms with Crippen LogP contribution < -0.4 is 20.7 Å². The van der Waals surface area contributed by atoms with Gasteiger partial charge in [-0.1, -0.05) is 242 Å². The second kappa shape index (κ2) is 17.6. The Morgan fingerprint density at radius 1 is 0.303 bits per heavy atom. The molecular formula is C69H46N6Si. The van der Waals surface area contributed by atoms with Crippen molar-refractivity contribution >= 4 is 94.2 Å². The minimum atomic E-state index is -6.60. The number of nitrogens with zero attached hydrogens (tertiary/aromatic N) is 6. The van der Waals surface area contributed by atoms with Gasteiger partial charge in [0.25, 0.3) is 0 Å². The topological polar surface area (TPSA) is 53.5 Å². The normalized spacial score (nSPS) is 17.7. The van der Waals surface area contributed by atoms with Crippen LogP contribution in [0.2, 0.25) is 0 Å². The molecule has 0 bridgehead atoms. The first kappa shape index (κ1) is 22.7. The molecule has 356 valence electrons. The van der Waals surface area contributed by atoms with E-state index in [9.17, 15) is 24.7 Å². The van der Waals surface area contributed by atoms with E-state index in [4.69, 9.17) is 27.8 Å². The van der Waals surface area contributed by atoms with Gasteiger partial charge in [0.15, 0.2) is 19.7 Å². The van der Waals surface area contributed by atoms with Crippen LogP contribution in [0.3, 0.4) is 0 Å². The molecule has 11 aromatic carbocycles. The van der Waals surface area contributed by atoms with Gasteiger partial charge in [-0.2, -0.15) is 9.97 Å². The first-order valence-corrected chi connectivity index (χ1v) is 25.3. The fraction of sp³-hybridized carbons (Fsp3) is 0. The first-order valence-electron chi connectivity index (χ1n) is 38.8. The summed E-state index contributed by atoms with van der Waals surface area (Å²) in [5, 5.41) is -3.10. The lowest BCUT2D eigenvalue weighted by molar-refractivity contribution is 0.950. The van der Waals surface area contributed by atoms with Crippen molar-refractivity contribution in [1.82, 2.24) is 28.7 Å². The van der Waals surface area contributed by atoms with Gasteiger partial charge in [-0.3, -0.25) is 4.57 Å². The molecule has 15 rings (SSSR count). The fourth-order valence-corrected chi connectivity index (χ4v) is 13.8. The quantitative estimate of drug-likeness (QED) is 0.107. The number of fused-ring (bicyclic) bond motifs is 9. The molecule has 0 atom stereocenters. The molecule has 0 aliphatic heterocycles. The van der Waals surface area contributed by atoms with Crippen LogP contribution >= 0.6 is 0 Å². The second-order valence-electron chi connectivity index (χ2n) is 17.2. The van der Waals surface area contributed by atoms with Crippen LogP contribution in [-0.2, 0) is 0 Å². The highest BCUT2D eigenvalue weighted by molar-refractivity contribution is 7.19. The molecule has 4 aromatic heterocycles. The minimum Gasteiger partial charge on any atom is -0.307 e. The Bertz CT molecular complexity index is 6290. The molecule has 0 aliphatic carbocycles. The van der Waals surface area contributed by atoms with Gasteiger partial charge < -0.3 is 9.13 Å². The summed E-state index contributed by atoms with van der Waals surface area (Å²) < 4.78 is 298. The van der Waals surface area contributed by atoms with Crippen LogP contribution in [0.1, 0.15) is 42.5 Å². The molecule has 0 amide bonds. The molecule has 0 unspecified atom stereocenters. The maximum Gasteiger partial charge on any atom is 0.238 e. The van der Waals surface area contributed by atoms with E-state index in [1.54, 1.807) is 47.0 Å². The molecule has 0 saturated carbocycles. The second-order valence-corrected chi connectivity index (χ2v) is 20.7. The summed E-state index contributed by atoms with van der Waals surface area (Å²) in [6, 6.07) is -7.72. The largest absolute Gasteiger partial charge is 0.307 e. The Morgan fingerprint density at radius 2 is 0.763 bits per heavy atom. The molecule has 7 heteroatoms. The highest BCUT2D eigenvalue weighted by Gasteiger charge is 2.41. The van der Waals surface area contributed by atoms with E-state index in [0.717, 1.165) is 15.3 Å². The Balaban J connectivity index is 1.20. The Hall–Kier alpha value is -9.95. The first-order chi connectivity index (χ1) is 50.6. The molecule has 0 aliphatic rings. The number of hydrogen-bond acceptors (Lipinski definition) is 3. The van der Waals surface area contributed by atoms with Crippen molar-refractivity contribution < 1.29 is 42.5 Å². The van der Waals surface area contributed by atoms with Crippen molar-refractivity contribution in [3.05, 3.63) is 278 Å². The SMILES string of the molecule is [2H]c1c([2H])c([2H])c(-c2nc(-c3c([2H])c([2H])c([2H])c([Si](c4c([2H])c([2H])c([2H])c([2H])c4[2H])(c4c([2H])c([2H])c([2H])c([2H])c4[2H])c4c([2H])c([2H])c([2H])c([2H])c4[2H])c3[2H])nc(-n3c4c([2H])c([2H])c([2H])c([2H])c4c4c([2H])c([2H])c([2H])c(-n5c6ccccc6c6cccc(-n7c8ccccc8c8ccccc87)c65)c43)n2)c([2H])c1[2H]. The number of benzene rings is 11. The van der Waals surface area contributed by atoms with Crippen molar-refractivity contribution in [3.63, 3.8) is 0 Å². The zero-order chi connectivity index (χ0) is 77.1. The van der Waals surface area contributed by atoms with Crippen molar-refractivity contribution in [3.8, 4) is 40.1 Å². The van der Waals surface area contributed by atoms with Gasteiger partial charge in [0, 0.05) is 43.4 Å². The predicted octanol–water partition coefficient (Wildman–Crippen LogP) is 13.9. The fourth-order valence-electron chi connectivity index (χ4n) is 10.3. The Morgan fingerprint density at radius 3 is 1.39 bits per heavy atom. The summed E-state index contributed by atoms with van der Waals surface area (Å²) in [7, 11) is -6.60. The van der Waals surface area contributed by atoms with E-state index in [1.165, 1.54) is 0 Å². The van der Waals surface area contributed by atoms with Crippen LogP contribution in [0.5, 0.6) is 0 Å². The zero-order valence-corrected chi connectivity index (χ0v) is 39.8. The highest BCUT2D eigenvalue weighted by atomic mass is 28.3. The molecule has 0 spiro atoms. The maximum atomic E-state index is 10.8. The standard InChI is InChI=1S/C69H46N6Si/c1-5-24-47(25-6-1)67-70-68(48-26-21-33-52(46-48)76(49-27-7-2-8-28-49,50-29-9-3-10-30-50)51-31-11-4-12-32-51)72-69(71-67)75-62-43-20-16-37-56(62)58-39-23-45-64(66(58)75)74-61-42-19-15-36-55(61)57-38-22-44-63(65(57)74)73-59-40-17-13-34-53(59)54-35-14-18-41-60(54)73/h1-46H/i1D,2D,3D,4D,5D,6D,7D,8D,9D,10D,11D,12D,16D,20D,21D,23D,24D,25D,26D,27D,28D,29D,30D,31D,32D,33D,37D,39D,43D,45D,46D.